The number of hydrogen-bond donors (Lipinski definition) is 1. The first-order valence-corrected chi connectivity index (χ1v) is 7.42. The zero-order valence-electron chi connectivity index (χ0n) is 9.96. The third kappa shape index (κ3) is 4.53. The van der Waals surface area contributed by atoms with E-state index in [0.717, 1.165) is 26.0 Å². The molecule has 4 heteroatoms. The van der Waals surface area contributed by atoms with E-state index in [0.29, 0.717) is 6.04 Å². The van der Waals surface area contributed by atoms with E-state index in [4.69, 9.17) is 4.74 Å². The number of thiophene rings is 1. The highest BCUT2D eigenvalue weighted by Gasteiger charge is 2.14. The van der Waals surface area contributed by atoms with Gasteiger partial charge < -0.3 is 10.1 Å². The molecule has 1 atom stereocenters. The molecular formula is C12H20BrNOS. The van der Waals surface area contributed by atoms with E-state index < -0.39 is 0 Å². The molecular weight excluding hydrogens is 286 g/mol. The van der Waals surface area contributed by atoms with Crippen LogP contribution in [0.1, 0.15) is 37.1 Å². The first-order valence-electron chi connectivity index (χ1n) is 5.74. The van der Waals surface area contributed by atoms with Crippen molar-refractivity contribution in [2.45, 2.75) is 32.2 Å². The van der Waals surface area contributed by atoms with E-state index >= 15 is 0 Å². The number of halogens is 1. The zero-order valence-corrected chi connectivity index (χ0v) is 12.4. The van der Waals surface area contributed by atoms with Crippen LogP contribution in [-0.4, -0.2) is 20.3 Å². The third-order valence-electron chi connectivity index (χ3n) is 2.44. The Labute approximate surface area is 111 Å². The minimum absolute atomic E-state index is 0.462. The average molecular weight is 306 g/mol. The summed E-state index contributed by atoms with van der Waals surface area (Å²) < 4.78 is 6.33. The summed E-state index contributed by atoms with van der Waals surface area (Å²) in [6.45, 7) is 4.11. The summed E-state index contributed by atoms with van der Waals surface area (Å²) in [5, 5.41) is 5.73. The molecule has 0 aromatic carbocycles. The van der Waals surface area contributed by atoms with Gasteiger partial charge in [0.05, 0.1) is 0 Å². The van der Waals surface area contributed by atoms with E-state index in [-0.39, 0.29) is 0 Å². The van der Waals surface area contributed by atoms with Gasteiger partial charge in [-0.1, -0.05) is 6.92 Å². The van der Waals surface area contributed by atoms with Crippen LogP contribution in [0.15, 0.2) is 15.9 Å². The van der Waals surface area contributed by atoms with Crippen molar-refractivity contribution in [1.29, 1.82) is 0 Å². The molecule has 0 amide bonds. The predicted octanol–water partition coefficient (Wildman–Crippen LogP) is 3.98. The van der Waals surface area contributed by atoms with Crippen LogP contribution in [0, 0.1) is 0 Å². The smallest absolute Gasteiger partial charge is 0.0462 e. The topological polar surface area (TPSA) is 21.3 Å². The van der Waals surface area contributed by atoms with E-state index in [1.807, 2.05) is 11.3 Å². The zero-order chi connectivity index (χ0) is 11.8. The van der Waals surface area contributed by atoms with Crippen molar-refractivity contribution in [2.75, 3.05) is 20.3 Å². The van der Waals surface area contributed by atoms with Gasteiger partial charge in [-0.2, -0.15) is 0 Å². The maximum atomic E-state index is 5.11. The maximum absolute atomic E-state index is 5.11. The van der Waals surface area contributed by atoms with Crippen molar-refractivity contribution in [3.8, 4) is 0 Å². The molecule has 0 aliphatic carbocycles. The van der Waals surface area contributed by atoms with Crippen LogP contribution in [0.2, 0.25) is 0 Å². The second-order valence-corrected chi connectivity index (χ2v) is 5.58. The Hall–Kier alpha value is 0.100. The van der Waals surface area contributed by atoms with Crippen molar-refractivity contribution < 1.29 is 4.74 Å². The molecule has 1 heterocycles. The molecule has 0 radical (unpaired) electrons. The fourth-order valence-electron chi connectivity index (χ4n) is 1.63. The van der Waals surface area contributed by atoms with Gasteiger partial charge in [-0.25, -0.2) is 0 Å². The standard InChI is InChI=1S/C12H20BrNOS/c1-3-7-14-11(5-4-8-15-2)12-10(13)6-9-16-12/h6,9,11,14H,3-5,7-8H2,1-2H3. The number of methoxy groups -OCH3 is 1. The van der Waals surface area contributed by atoms with Crippen molar-refractivity contribution in [3.05, 3.63) is 20.8 Å². The van der Waals surface area contributed by atoms with E-state index in [1.165, 1.54) is 15.8 Å². The summed E-state index contributed by atoms with van der Waals surface area (Å²) in [4.78, 5) is 1.41. The van der Waals surface area contributed by atoms with Crippen LogP contribution in [0.25, 0.3) is 0 Å². The molecule has 2 nitrogen and oxygen atoms in total. The fraction of sp³-hybridized carbons (Fsp3) is 0.667. The molecule has 0 saturated carbocycles. The Morgan fingerprint density at radius 3 is 2.94 bits per heavy atom. The summed E-state index contributed by atoms with van der Waals surface area (Å²) in [6.07, 6.45) is 3.40. The molecule has 1 unspecified atom stereocenters. The third-order valence-corrected chi connectivity index (χ3v) is 4.43. The van der Waals surface area contributed by atoms with Gasteiger partial charge in [0.1, 0.15) is 0 Å². The summed E-state index contributed by atoms with van der Waals surface area (Å²) in [5.74, 6) is 0. The Morgan fingerprint density at radius 2 is 2.38 bits per heavy atom. The molecule has 1 aromatic rings. The van der Waals surface area contributed by atoms with Gasteiger partial charge in [0.15, 0.2) is 0 Å². The average Bonchev–Trinajstić information content (AvgIpc) is 2.70. The highest BCUT2D eigenvalue weighted by atomic mass is 79.9. The lowest BCUT2D eigenvalue weighted by Crippen LogP contribution is -2.22. The number of hydrogen-bond acceptors (Lipinski definition) is 3. The molecule has 1 aromatic heterocycles. The molecule has 1 N–H and O–H groups in total. The Balaban J connectivity index is 2.53. The van der Waals surface area contributed by atoms with Crippen LogP contribution in [0.3, 0.4) is 0 Å². The second kappa shape index (κ2) is 8.23. The number of nitrogens with one attached hydrogen (secondary N) is 1. The lowest BCUT2D eigenvalue weighted by molar-refractivity contribution is 0.189. The lowest BCUT2D eigenvalue weighted by Gasteiger charge is -2.17. The van der Waals surface area contributed by atoms with Gasteiger partial charge in [-0.3, -0.25) is 0 Å². The SMILES string of the molecule is CCCNC(CCCOC)c1sccc1Br. The molecule has 1 rings (SSSR count). The molecule has 0 aliphatic rings. The molecule has 0 aliphatic heterocycles. The predicted molar refractivity (Wildman–Crippen MR) is 74.2 cm³/mol. The Kier molecular flexibility index (Phi) is 7.28. The monoisotopic (exact) mass is 305 g/mol. The van der Waals surface area contributed by atoms with E-state index in [1.54, 1.807) is 7.11 Å². The molecule has 0 fully saturated rings. The van der Waals surface area contributed by atoms with E-state index in [9.17, 15) is 0 Å². The number of rotatable bonds is 8. The highest BCUT2D eigenvalue weighted by Crippen LogP contribution is 2.31. The van der Waals surface area contributed by atoms with Gasteiger partial charge >= 0.3 is 0 Å². The van der Waals surface area contributed by atoms with Crippen LogP contribution in [-0.2, 0) is 4.74 Å². The molecule has 0 spiro atoms. The van der Waals surface area contributed by atoms with Gasteiger partial charge in [0, 0.05) is 29.1 Å². The number of ether oxygens (including phenoxy) is 1. The normalized spacial score (nSPS) is 12.9. The van der Waals surface area contributed by atoms with Crippen molar-refractivity contribution in [3.63, 3.8) is 0 Å². The summed E-state index contributed by atoms with van der Waals surface area (Å²) in [5.41, 5.74) is 0. The Morgan fingerprint density at radius 1 is 1.56 bits per heavy atom. The van der Waals surface area contributed by atoms with Crippen molar-refractivity contribution in [2.24, 2.45) is 0 Å². The summed E-state index contributed by atoms with van der Waals surface area (Å²) in [6, 6.07) is 2.58. The first-order chi connectivity index (χ1) is 7.79. The quantitative estimate of drug-likeness (QED) is 0.734. The van der Waals surface area contributed by atoms with Crippen LogP contribution >= 0.6 is 27.3 Å². The second-order valence-electron chi connectivity index (χ2n) is 3.77. The van der Waals surface area contributed by atoms with Gasteiger partial charge in [-0.05, 0) is 53.2 Å². The van der Waals surface area contributed by atoms with Crippen LogP contribution < -0.4 is 5.32 Å². The minimum atomic E-state index is 0.462. The largest absolute Gasteiger partial charge is 0.385 e. The maximum Gasteiger partial charge on any atom is 0.0462 e. The van der Waals surface area contributed by atoms with Gasteiger partial charge in [0.25, 0.3) is 0 Å². The lowest BCUT2D eigenvalue weighted by atomic mass is 10.1. The summed E-state index contributed by atoms with van der Waals surface area (Å²) in [7, 11) is 1.76. The van der Waals surface area contributed by atoms with Crippen LogP contribution in [0.4, 0.5) is 0 Å². The molecule has 16 heavy (non-hydrogen) atoms. The van der Waals surface area contributed by atoms with Crippen molar-refractivity contribution in [1.82, 2.24) is 5.32 Å². The highest BCUT2D eigenvalue weighted by molar-refractivity contribution is 9.10. The summed E-state index contributed by atoms with van der Waals surface area (Å²) >= 11 is 5.42. The first kappa shape index (κ1) is 14.2. The molecule has 92 valence electrons. The molecule has 0 saturated heterocycles. The fourth-order valence-corrected chi connectivity index (χ4v) is 3.39. The van der Waals surface area contributed by atoms with Crippen molar-refractivity contribution >= 4 is 27.3 Å². The molecule has 0 bridgehead atoms. The van der Waals surface area contributed by atoms with Gasteiger partial charge in [0.2, 0.25) is 0 Å². The van der Waals surface area contributed by atoms with E-state index in [2.05, 4.69) is 39.6 Å². The Bertz CT molecular complexity index is 290. The van der Waals surface area contributed by atoms with Gasteiger partial charge in [-0.15, -0.1) is 11.3 Å². The minimum Gasteiger partial charge on any atom is -0.385 e. The van der Waals surface area contributed by atoms with Crippen LogP contribution in [0.5, 0.6) is 0 Å².